The molecule has 0 aromatic heterocycles. The van der Waals surface area contributed by atoms with Crippen LogP contribution < -0.4 is 9.47 Å². The van der Waals surface area contributed by atoms with Gasteiger partial charge < -0.3 is 14.6 Å². The van der Waals surface area contributed by atoms with E-state index in [0.717, 1.165) is 15.8 Å². The maximum absolute atomic E-state index is 9.18. The van der Waals surface area contributed by atoms with Crippen molar-refractivity contribution in [1.29, 1.82) is 0 Å². The highest BCUT2D eigenvalue weighted by Gasteiger charge is 2.14. The van der Waals surface area contributed by atoms with E-state index in [1.807, 2.05) is 13.0 Å². The van der Waals surface area contributed by atoms with Crippen molar-refractivity contribution in [3.63, 3.8) is 0 Å². The molecule has 1 aromatic rings. The SMILES string of the molecule is COc1cc(C)c(OC)c(Br)c1CO. The summed E-state index contributed by atoms with van der Waals surface area (Å²) in [4.78, 5) is 0. The monoisotopic (exact) mass is 260 g/mol. The van der Waals surface area contributed by atoms with E-state index in [2.05, 4.69) is 15.9 Å². The van der Waals surface area contributed by atoms with Crippen LogP contribution in [-0.2, 0) is 6.61 Å². The average molecular weight is 261 g/mol. The van der Waals surface area contributed by atoms with Crippen molar-refractivity contribution in [3.8, 4) is 11.5 Å². The summed E-state index contributed by atoms with van der Waals surface area (Å²) in [5.41, 5.74) is 1.67. The van der Waals surface area contributed by atoms with Gasteiger partial charge in [0.25, 0.3) is 0 Å². The van der Waals surface area contributed by atoms with Crippen molar-refractivity contribution >= 4 is 15.9 Å². The van der Waals surface area contributed by atoms with Gasteiger partial charge in [-0.3, -0.25) is 0 Å². The molecule has 4 heteroatoms. The van der Waals surface area contributed by atoms with E-state index < -0.39 is 0 Å². The normalized spacial score (nSPS) is 10.1. The van der Waals surface area contributed by atoms with Gasteiger partial charge in [0.15, 0.2) is 0 Å². The van der Waals surface area contributed by atoms with Gasteiger partial charge in [0.1, 0.15) is 11.5 Å². The lowest BCUT2D eigenvalue weighted by molar-refractivity contribution is 0.271. The van der Waals surface area contributed by atoms with Gasteiger partial charge >= 0.3 is 0 Å². The molecule has 0 aliphatic rings. The highest BCUT2D eigenvalue weighted by atomic mass is 79.9. The second-order valence-corrected chi connectivity index (χ2v) is 3.67. The first-order valence-corrected chi connectivity index (χ1v) is 4.95. The van der Waals surface area contributed by atoms with E-state index in [0.29, 0.717) is 11.3 Å². The topological polar surface area (TPSA) is 38.7 Å². The van der Waals surface area contributed by atoms with Crippen molar-refractivity contribution in [1.82, 2.24) is 0 Å². The number of ether oxygens (including phenoxy) is 2. The number of benzene rings is 1. The van der Waals surface area contributed by atoms with Gasteiger partial charge in [-0.1, -0.05) is 0 Å². The summed E-state index contributed by atoms with van der Waals surface area (Å²) in [5.74, 6) is 1.40. The molecule has 1 aromatic carbocycles. The van der Waals surface area contributed by atoms with Crippen molar-refractivity contribution in [2.45, 2.75) is 13.5 Å². The summed E-state index contributed by atoms with van der Waals surface area (Å²) in [6.45, 7) is 1.84. The van der Waals surface area contributed by atoms with E-state index in [1.54, 1.807) is 14.2 Å². The molecule has 1 N–H and O–H groups in total. The molecule has 0 heterocycles. The maximum atomic E-state index is 9.18. The molecule has 0 unspecified atom stereocenters. The van der Waals surface area contributed by atoms with Crippen molar-refractivity contribution in [3.05, 3.63) is 21.7 Å². The minimum Gasteiger partial charge on any atom is -0.496 e. The van der Waals surface area contributed by atoms with E-state index in [1.165, 1.54) is 0 Å². The van der Waals surface area contributed by atoms with Crippen molar-refractivity contribution in [2.75, 3.05) is 14.2 Å². The lowest BCUT2D eigenvalue weighted by Gasteiger charge is -2.14. The number of halogens is 1. The minimum absolute atomic E-state index is 0.0829. The largest absolute Gasteiger partial charge is 0.496 e. The van der Waals surface area contributed by atoms with Crippen molar-refractivity contribution in [2.24, 2.45) is 0 Å². The van der Waals surface area contributed by atoms with Gasteiger partial charge in [-0.2, -0.15) is 0 Å². The molecular weight excluding hydrogens is 248 g/mol. The zero-order valence-corrected chi connectivity index (χ0v) is 10.0. The number of aryl methyl sites for hydroxylation is 1. The summed E-state index contributed by atoms with van der Waals surface area (Å²) in [7, 11) is 3.17. The van der Waals surface area contributed by atoms with Gasteiger partial charge in [0.2, 0.25) is 0 Å². The fourth-order valence-corrected chi connectivity index (χ4v) is 2.14. The standard InChI is InChI=1S/C10H13BrO3/c1-6-4-8(13-2)7(5-12)9(11)10(6)14-3/h4,12H,5H2,1-3H3. The second-order valence-electron chi connectivity index (χ2n) is 2.88. The molecule has 78 valence electrons. The fourth-order valence-electron chi connectivity index (χ4n) is 1.35. The van der Waals surface area contributed by atoms with E-state index in [9.17, 15) is 5.11 Å². The summed E-state index contributed by atoms with van der Waals surface area (Å²) in [6, 6.07) is 1.84. The van der Waals surface area contributed by atoms with Crippen molar-refractivity contribution < 1.29 is 14.6 Å². The molecule has 0 aliphatic carbocycles. The quantitative estimate of drug-likeness (QED) is 0.907. The third-order valence-corrected chi connectivity index (χ3v) is 2.89. The number of aliphatic hydroxyl groups is 1. The number of aliphatic hydroxyl groups excluding tert-OH is 1. The highest BCUT2D eigenvalue weighted by Crippen LogP contribution is 2.37. The number of rotatable bonds is 3. The van der Waals surface area contributed by atoms with Crippen LogP contribution in [0.4, 0.5) is 0 Å². The van der Waals surface area contributed by atoms with E-state index in [4.69, 9.17) is 9.47 Å². The van der Waals surface area contributed by atoms with Gasteiger partial charge in [-0.25, -0.2) is 0 Å². The number of methoxy groups -OCH3 is 2. The molecule has 0 bridgehead atoms. The Morgan fingerprint density at radius 3 is 2.43 bits per heavy atom. The first kappa shape index (κ1) is 11.3. The molecule has 0 fully saturated rings. The summed E-state index contributed by atoms with van der Waals surface area (Å²) < 4.78 is 11.1. The van der Waals surface area contributed by atoms with Gasteiger partial charge in [0, 0.05) is 5.56 Å². The Kier molecular flexibility index (Phi) is 3.77. The zero-order valence-electron chi connectivity index (χ0n) is 8.43. The summed E-state index contributed by atoms with van der Waals surface area (Å²) in [6.07, 6.45) is 0. The lowest BCUT2D eigenvalue weighted by atomic mass is 10.1. The van der Waals surface area contributed by atoms with Gasteiger partial charge in [-0.05, 0) is 34.5 Å². The Hall–Kier alpha value is -0.740. The lowest BCUT2D eigenvalue weighted by Crippen LogP contribution is -1.98. The Balaban J connectivity index is 3.39. The fraction of sp³-hybridized carbons (Fsp3) is 0.400. The van der Waals surface area contributed by atoms with Crippen LogP contribution in [0.5, 0.6) is 11.5 Å². The Bertz CT molecular complexity index is 337. The Morgan fingerprint density at radius 2 is 2.00 bits per heavy atom. The summed E-state index contributed by atoms with van der Waals surface area (Å²) in [5, 5.41) is 9.18. The Morgan fingerprint density at radius 1 is 1.36 bits per heavy atom. The Labute approximate surface area is 91.8 Å². The molecule has 3 nitrogen and oxygen atoms in total. The first-order chi connectivity index (χ1) is 6.65. The van der Waals surface area contributed by atoms with Gasteiger partial charge in [0.05, 0.1) is 25.3 Å². The van der Waals surface area contributed by atoms with E-state index >= 15 is 0 Å². The number of hydrogen-bond acceptors (Lipinski definition) is 3. The third kappa shape index (κ3) is 1.86. The van der Waals surface area contributed by atoms with Crippen LogP contribution in [0.3, 0.4) is 0 Å². The summed E-state index contributed by atoms with van der Waals surface area (Å²) >= 11 is 3.38. The number of hydrogen-bond donors (Lipinski definition) is 1. The molecule has 0 atom stereocenters. The molecule has 0 aliphatic heterocycles. The minimum atomic E-state index is -0.0829. The zero-order chi connectivity index (χ0) is 10.7. The third-order valence-electron chi connectivity index (χ3n) is 2.05. The highest BCUT2D eigenvalue weighted by molar-refractivity contribution is 9.10. The van der Waals surface area contributed by atoms with Crippen LogP contribution >= 0.6 is 15.9 Å². The molecule has 14 heavy (non-hydrogen) atoms. The molecular formula is C10H13BrO3. The van der Waals surface area contributed by atoms with Crippen LogP contribution in [0.15, 0.2) is 10.5 Å². The predicted octanol–water partition coefficient (Wildman–Crippen LogP) is 2.27. The van der Waals surface area contributed by atoms with Crippen LogP contribution in [0.2, 0.25) is 0 Å². The van der Waals surface area contributed by atoms with Crippen LogP contribution in [-0.4, -0.2) is 19.3 Å². The smallest absolute Gasteiger partial charge is 0.136 e. The van der Waals surface area contributed by atoms with Crippen LogP contribution in [0.25, 0.3) is 0 Å². The second kappa shape index (κ2) is 4.66. The van der Waals surface area contributed by atoms with Crippen LogP contribution in [0.1, 0.15) is 11.1 Å². The predicted molar refractivity (Wildman–Crippen MR) is 57.9 cm³/mol. The molecule has 0 amide bonds. The van der Waals surface area contributed by atoms with E-state index in [-0.39, 0.29) is 6.61 Å². The van der Waals surface area contributed by atoms with Crippen LogP contribution in [0, 0.1) is 6.92 Å². The average Bonchev–Trinajstić information content (AvgIpc) is 2.17. The first-order valence-electron chi connectivity index (χ1n) is 4.16. The molecule has 0 saturated heterocycles. The maximum Gasteiger partial charge on any atom is 0.136 e. The molecule has 0 saturated carbocycles. The molecule has 1 rings (SSSR count). The molecule has 0 radical (unpaired) electrons. The molecule has 0 spiro atoms. The van der Waals surface area contributed by atoms with Gasteiger partial charge in [-0.15, -0.1) is 0 Å².